The molecule has 0 bridgehead atoms. The maximum Gasteiger partial charge on any atom is 0.137 e. The lowest BCUT2D eigenvalue weighted by molar-refractivity contribution is 0.658. The van der Waals surface area contributed by atoms with Crippen LogP contribution < -0.4 is 0 Å². The number of fused-ring (bicyclic) bond motifs is 16. The largest absolute Gasteiger partial charge is 0.456 e. The first-order valence-electron chi connectivity index (χ1n) is 17.7. The second kappa shape index (κ2) is 9.64. The lowest BCUT2D eigenvalue weighted by atomic mass is 9.98. The quantitative estimate of drug-likeness (QED) is 0.182. The van der Waals surface area contributed by atoms with Gasteiger partial charge in [-0.1, -0.05) is 115 Å². The second-order valence-electron chi connectivity index (χ2n) is 14.0. The van der Waals surface area contributed by atoms with Crippen LogP contribution >= 0.6 is 0 Å². The second-order valence-corrected chi connectivity index (χ2v) is 17.6. The molecule has 0 amide bonds. The number of aromatic nitrogens is 1. The van der Waals surface area contributed by atoms with Gasteiger partial charge in [0.15, 0.2) is 0 Å². The molecule has 2 aliphatic rings. The Hall–Kier alpha value is -6.49. The molecule has 10 aromatic rings. The molecular formula is C48H29NO2S. The third-order valence-corrected chi connectivity index (χ3v) is 16.3. The highest BCUT2D eigenvalue weighted by atomic mass is 32.3. The van der Waals surface area contributed by atoms with E-state index in [9.17, 15) is 0 Å². The van der Waals surface area contributed by atoms with Gasteiger partial charge >= 0.3 is 0 Å². The van der Waals surface area contributed by atoms with E-state index in [1.165, 1.54) is 10.8 Å². The van der Waals surface area contributed by atoms with Gasteiger partial charge in [0, 0.05) is 61.8 Å². The van der Waals surface area contributed by atoms with E-state index >= 15 is 4.21 Å². The zero-order valence-corrected chi connectivity index (χ0v) is 28.7. The molecule has 4 heteroatoms. The van der Waals surface area contributed by atoms with Crippen LogP contribution in [0.5, 0.6) is 0 Å². The summed E-state index contributed by atoms with van der Waals surface area (Å²) in [5.74, 6) is 0. The summed E-state index contributed by atoms with van der Waals surface area (Å²) in [4.78, 5) is 3.60. The Kier molecular flexibility index (Phi) is 5.23. The van der Waals surface area contributed by atoms with Crippen molar-refractivity contribution in [3.63, 3.8) is 0 Å². The molecule has 8 aromatic carbocycles. The fourth-order valence-corrected chi connectivity index (χ4v) is 14.6. The lowest BCUT2D eigenvalue weighted by Crippen LogP contribution is -2.29. The highest BCUT2D eigenvalue weighted by Crippen LogP contribution is 2.71. The monoisotopic (exact) mass is 683 g/mol. The molecule has 4 heterocycles. The van der Waals surface area contributed by atoms with E-state index in [1.807, 2.05) is 30.3 Å². The van der Waals surface area contributed by atoms with Gasteiger partial charge in [0.05, 0.1) is 16.7 Å². The van der Waals surface area contributed by atoms with Crippen LogP contribution in [0.1, 0.15) is 0 Å². The van der Waals surface area contributed by atoms with Gasteiger partial charge in [0.25, 0.3) is 0 Å². The molecule has 0 saturated carbocycles. The van der Waals surface area contributed by atoms with Crippen molar-refractivity contribution in [2.24, 2.45) is 0 Å². The Morgan fingerprint density at radius 2 is 0.942 bits per heavy atom. The molecular weight excluding hydrogens is 655 g/mol. The van der Waals surface area contributed by atoms with Gasteiger partial charge in [-0.25, -0.2) is 0 Å². The van der Waals surface area contributed by atoms with Gasteiger partial charge in [-0.2, -0.15) is 0 Å². The Balaban J connectivity index is 1.14. The van der Waals surface area contributed by atoms with Crippen LogP contribution in [0.4, 0.5) is 0 Å². The summed E-state index contributed by atoms with van der Waals surface area (Å²) < 4.78 is 25.6. The van der Waals surface area contributed by atoms with E-state index in [-0.39, 0.29) is 0 Å². The Bertz CT molecular complexity index is 3220. The average Bonchev–Trinajstić information content (AvgIpc) is 3.88. The lowest BCUT2D eigenvalue weighted by Gasteiger charge is -2.38. The van der Waals surface area contributed by atoms with E-state index in [2.05, 4.69) is 150 Å². The van der Waals surface area contributed by atoms with Crippen molar-refractivity contribution in [3.8, 4) is 39.1 Å². The number of hydrogen-bond acceptors (Lipinski definition) is 2. The van der Waals surface area contributed by atoms with Crippen molar-refractivity contribution in [3.05, 3.63) is 176 Å². The number of nitrogens with zero attached hydrogens (tertiary/aromatic N) is 1. The average molecular weight is 684 g/mol. The Morgan fingerprint density at radius 1 is 0.385 bits per heavy atom. The molecule has 0 unspecified atom stereocenters. The standard InChI is InChI=1S/C48H29NO2S/c50-52(45-22-10-4-16-34(45)35-17-5-11-23-46(35)52)47-24-12-6-18-36(47)39-27-30(25-26-48(39)52)31-13-1-7-19-40(31)49-41-20-8-2-14-32(41)37-28-38-33-15-3-9-21-43(33)51-44(38)29-42(37)49/h1-29H. The van der Waals surface area contributed by atoms with Gasteiger partial charge in [-0.05, 0) is 82.4 Å². The van der Waals surface area contributed by atoms with Crippen molar-refractivity contribution in [2.45, 2.75) is 19.6 Å². The highest BCUT2D eigenvalue weighted by Gasteiger charge is 2.57. The van der Waals surface area contributed by atoms with E-state index in [0.717, 1.165) is 91.6 Å². The van der Waals surface area contributed by atoms with Crippen LogP contribution in [0.25, 0.3) is 82.8 Å². The first kappa shape index (κ1) is 28.2. The molecule has 244 valence electrons. The fraction of sp³-hybridized carbons (Fsp3) is 0. The van der Waals surface area contributed by atoms with Crippen LogP contribution in [0.3, 0.4) is 0 Å². The van der Waals surface area contributed by atoms with Gasteiger partial charge in [-0.15, -0.1) is 0 Å². The Labute approximate surface area is 299 Å². The van der Waals surface area contributed by atoms with Crippen LogP contribution in [0, 0.1) is 0 Å². The first-order chi connectivity index (χ1) is 25.6. The molecule has 12 rings (SSSR count). The number of rotatable bonds is 2. The number of hydrogen-bond donors (Lipinski definition) is 0. The van der Waals surface area contributed by atoms with Crippen molar-refractivity contribution < 1.29 is 8.63 Å². The summed E-state index contributed by atoms with van der Waals surface area (Å²) >= 11 is 0. The number of para-hydroxylation sites is 3. The summed E-state index contributed by atoms with van der Waals surface area (Å²) in [6.45, 7) is 0. The van der Waals surface area contributed by atoms with Crippen molar-refractivity contribution in [2.75, 3.05) is 0 Å². The minimum absolute atomic E-state index is 0.872. The minimum Gasteiger partial charge on any atom is -0.456 e. The van der Waals surface area contributed by atoms with Crippen molar-refractivity contribution >= 4 is 52.8 Å². The topological polar surface area (TPSA) is 35.1 Å². The molecule has 0 N–H and O–H groups in total. The maximum atomic E-state index is 16.8. The van der Waals surface area contributed by atoms with E-state index in [4.69, 9.17) is 4.42 Å². The third-order valence-electron chi connectivity index (χ3n) is 11.5. The highest BCUT2D eigenvalue weighted by molar-refractivity contribution is 8.21. The van der Waals surface area contributed by atoms with Gasteiger partial charge in [0.2, 0.25) is 0 Å². The number of benzene rings is 8. The molecule has 2 aliphatic heterocycles. The number of furan rings is 1. The fourth-order valence-electron chi connectivity index (χ4n) is 9.40. The van der Waals surface area contributed by atoms with Crippen molar-refractivity contribution in [1.29, 1.82) is 0 Å². The molecule has 0 atom stereocenters. The first-order valence-corrected chi connectivity index (χ1v) is 19.6. The van der Waals surface area contributed by atoms with E-state index in [0.29, 0.717) is 0 Å². The maximum absolute atomic E-state index is 16.8. The summed E-state index contributed by atoms with van der Waals surface area (Å²) in [6.07, 6.45) is 0. The normalized spacial score (nSPS) is 15.4. The summed E-state index contributed by atoms with van der Waals surface area (Å²) in [5.41, 5.74) is 11.4. The summed E-state index contributed by atoms with van der Waals surface area (Å²) in [5, 5.41) is 4.63. The predicted molar refractivity (Wildman–Crippen MR) is 212 cm³/mol. The minimum atomic E-state index is -3.89. The predicted octanol–water partition coefficient (Wildman–Crippen LogP) is 12.7. The van der Waals surface area contributed by atoms with Crippen LogP contribution in [0.15, 0.2) is 200 Å². The van der Waals surface area contributed by atoms with E-state index < -0.39 is 9.07 Å². The molecule has 0 aliphatic carbocycles. The molecule has 3 nitrogen and oxygen atoms in total. The smallest absolute Gasteiger partial charge is 0.137 e. The molecule has 52 heavy (non-hydrogen) atoms. The summed E-state index contributed by atoms with van der Waals surface area (Å²) in [6, 6.07) is 61.5. The van der Waals surface area contributed by atoms with Crippen LogP contribution in [0.2, 0.25) is 0 Å². The zero-order valence-electron chi connectivity index (χ0n) is 27.9. The Morgan fingerprint density at radius 3 is 1.67 bits per heavy atom. The SMILES string of the molecule is O=S12(c3ccccc3-c3ccccc31)c1ccccc1-c1cc(-c3ccccc3-n3c4ccccc4c4cc5c(cc43)oc3ccccc35)ccc12. The zero-order chi connectivity index (χ0) is 34.2. The molecule has 0 saturated heterocycles. The molecule has 0 radical (unpaired) electrons. The van der Waals surface area contributed by atoms with Gasteiger partial charge in [0.1, 0.15) is 11.2 Å². The third kappa shape index (κ3) is 3.21. The molecule has 0 fully saturated rings. The van der Waals surface area contributed by atoms with Crippen molar-refractivity contribution in [1.82, 2.24) is 4.57 Å². The van der Waals surface area contributed by atoms with E-state index in [1.54, 1.807) is 0 Å². The van der Waals surface area contributed by atoms with Gasteiger partial charge < -0.3 is 8.98 Å². The van der Waals surface area contributed by atoms with Gasteiger partial charge in [-0.3, -0.25) is 4.21 Å². The van der Waals surface area contributed by atoms with Crippen LogP contribution in [-0.4, -0.2) is 8.78 Å². The molecule has 1 spiro atoms. The summed E-state index contributed by atoms with van der Waals surface area (Å²) in [7, 11) is -3.89. The van der Waals surface area contributed by atoms with Crippen LogP contribution in [-0.2, 0) is 9.07 Å². The molecule has 2 aromatic heterocycles.